The number of carbonyl (C=O) groups is 1. The molecule has 0 N–H and O–H groups in total. The fourth-order valence-electron chi connectivity index (χ4n) is 1.69. The highest BCUT2D eigenvalue weighted by Gasteiger charge is 2.11. The summed E-state index contributed by atoms with van der Waals surface area (Å²) in [5, 5.41) is 0. The minimum atomic E-state index is -0.226. The van der Waals surface area contributed by atoms with Gasteiger partial charge in [-0.2, -0.15) is 0 Å². The molecule has 0 aromatic rings. The second kappa shape index (κ2) is 7.57. The van der Waals surface area contributed by atoms with E-state index in [-0.39, 0.29) is 18.4 Å². The molecule has 0 radical (unpaired) electrons. The lowest BCUT2D eigenvalue weighted by Gasteiger charge is -2.29. The normalized spacial score (nSPS) is 16.9. The van der Waals surface area contributed by atoms with Crippen molar-refractivity contribution in [3.8, 4) is 0 Å². The first-order valence-electron chi connectivity index (χ1n) is 5.34. The van der Waals surface area contributed by atoms with Crippen molar-refractivity contribution < 1.29 is 9.53 Å². The number of hydrogen-bond acceptors (Lipinski definition) is 3. The van der Waals surface area contributed by atoms with Gasteiger partial charge >= 0.3 is 5.97 Å². The molecule has 0 atom stereocenters. The van der Waals surface area contributed by atoms with Crippen LogP contribution in [0.4, 0.5) is 0 Å². The number of carbonyl (C=O) groups excluding carboxylic acids is 1. The Bertz CT molecular complexity index is 223. The smallest absolute Gasteiger partial charge is 0.332 e. The van der Waals surface area contributed by atoms with Crippen LogP contribution in [0.15, 0.2) is 11.8 Å². The SMILES string of the molecule is CCOC(=O)C=C(C)N1CCCCC1.Cl. The van der Waals surface area contributed by atoms with Crippen LogP contribution in [-0.4, -0.2) is 30.6 Å². The number of esters is 1. The molecule has 1 rings (SSSR count). The van der Waals surface area contributed by atoms with Gasteiger partial charge in [-0.25, -0.2) is 4.79 Å². The van der Waals surface area contributed by atoms with Crippen molar-refractivity contribution in [2.24, 2.45) is 0 Å². The van der Waals surface area contributed by atoms with Crippen LogP contribution in [0.5, 0.6) is 0 Å². The summed E-state index contributed by atoms with van der Waals surface area (Å²) < 4.78 is 4.86. The van der Waals surface area contributed by atoms with Gasteiger partial charge < -0.3 is 9.64 Å². The Morgan fingerprint density at radius 3 is 2.47 bits per heavy atom. The lowest BCUT2D eigenvalue weighted by atomic mass is 10.1. The molecular formula is C11H20ClNO2. The van der Waals surface area contributed by atoms with Crippen LogP contribution in [-0.2, 0) is 9.53 Å². The minimum absolute atomic E-state index is 0. The molecule has 0 bridgehead atoms. The number of nitrogens with zero attached hydrogens (tertiary/aromatic N) is 1. The van der Waals surface area contributed by atoms with Crippen molar-refractivity contribution in [1.82, 2.24) is 4.90 Å². The first-order valence-corrected chi connectivity index (χ1v) is 5.34. The molecule has 15 heavy (non-hydrogen) atoms. The Morgan fingerprint density at radius 1 is 1.33 bits per heavy atom. The zero-order valence-electron chi connectivity index (χ0n) is 9.49. The van der Waals surface area contributed by atoms with Crippen LogP contribution in [0, 0.1) is 0 Å². The van der Waals surface area contributed by atoms with Crippen molar-refractivity contribution in [2.45, 2.75) is 33.1 Å². The van der Waals surface area contributed by atoms with Crippen LogP contribution >= 0.6 is 12.4 Å². The molecule has 1 aliphatic heterocycles. The molecule has 1 saturated heterocycles. The van der Waals surface area contributed by atoms with Crippen molar-refractivity contribution in [3.63, 3.8) is 0 Å². The number of allylic oxidation sites excluding steroid dienone is 1. The van der Waals surface area contributed by atoms with E-state index in [4.69, 9.17) is 4.74 Å². The number of likely N-dealkylation sites (tertiary alicyclic amines) is 1. The predicted molar refractivity (Wildman–Crippen MR) is 63.1 cm³/mol. The van der Waals surface area contributed by atoms with Gasteiger partial charge in [0.2, 0.25) is 0 Å². The molecule has 0 aromatic heterocycles. The van der Waals surface area contributed by atoms with Gasteiger partial charge in [0, 0.05) is 24.9 Å². The molecule has 0 unspecified atom stereocenters. The Balaban J connectivity index is 0.00000196. The van der Waals surface area contributed by atoms with Crippen molar-refractivity contribution >= 4 is 18.4 Å². The maximum atomic E-state index is 11.2. The van der Waals surface area contributed by atoms with Crippen LogP contribution in [0.25, 0.3) is 0 Å². The van der Waals surface area contributed by atoms with E-state index in [1.54, 1.807) is 6.08 Å². The van der Waals surface area contributed by atoms with Crippen LogP contribution < -0.4 is 0 Å². The molecule has 88 valence electrons. The number of rotatable bonds is 3. The lowest BCUT2D eigenvalue weighted by Crippen LogP contribution is -2.28. The maximum Gasteiger partial charge on any atom is 0.332 e. The average molecular weight is 234 g/mol. The number of hydrogen-bond donors (Lipinski definition) is 0. The summed E-state index contributed by atoms with van der Waals surface area (Å²) in [7, 11) is 0. The van der Waals surface area contributed by atoms with Crippen molar-refractivity contribution in [3.05, 3.63) is 11.8 Å². The van der Waals surface area contributed by atoms with Gasteiger partial charge in [-0.3, -0.25) is 0 Å². The molecule has 4 heteroatoms. The first-order chi connectivity index (χ1) is 6.74. The third kappa shape index (κ3) is 5.07. The molecule has 0 aromatic carbocycles. The van der Waals surface area contributed by atoms with Gasteiger partial charge in [0.1, 0.15) is 0 Å². The monoisotopic (exact) mass is 233 g/mol. The van der Waals surface area contributed by atoms with Crippen LogP contribution in [0.3, 0.4) is 0 Å². The van der Waals surface area contributed by atoms with E-state index in [1.807, 2.05) is 13.8 Å². The van der Waals surface area contributed by atoms with E-state index in [9.17, 15) is 4.79 Å². The maximum absolute atomic E-state index is 11.2. The fraction of sp³-hybridized carbons (Fsp3) is 0.727. The summed E-state index contributed by atoms with van der Waals surface area (Å²) in [6.45, 7) is 6.39. The third-order valence-electron chi connectivity index (χ3n) is 2.47. The summed E-state index contributed by atoms with van der Waals surface area (Å²) in [5.74, 6) is -0.226. The second-order valence-electron chi connectivity index (χ2n) is 3.59. The molecule has 1 aliphatic rings. The zero-order valence-corrected chi connectivity index (χ0v) is 10.3. The van der Waals surface area contributed by atoms with Gasteiger partial charge in [0.05, 0.1) is 6.61 Å². The first kappa shape index (κ1) is 14.3. The minimum Gasteiger partial charge on any atom is -0.463 e. The largest absolute Gasteiger partial charge is 0.463 e. The zero-order chi connectivity index (χ0) is 10.4. The summed E-state index contributed by atoms with van der Waals surface area (Å²) in [5.41, 5.74) is 1.03. The molecule has 1 heterocycles. The van der Waals surface area contributed by atoms with Crippen molar-refractivity contribution in [2.75, 3.05) is 19.7 Å². The van der Waals surface area contributed by atoms with Crippen LogP contribution in [0.2, 0.25) is 0 Å². The second-order valence-corrected chi connectivity index (χ2v) is 3.59. The lowest BCUT2D eigenvalue weighted by molar-refractivity contribution is -0.137. The van der Waals surface area contributed by atoms with E-state index in [1.165, 1.54) is 19.3 Å². The summed E-state index contributed by atoms with van der Waals surface area (Å²) in [6, 6.07) is 0. The van der Waals surface area contributed by atoms with Crippen molar-refractivity contribution in [1.29, 1.82) is 0 Å². The average Bonchev–Trinajstić information content (AvgIpc) is 2.19. The molecule has 0 amide bonds. The van der Waals surface area contributed by atoms with Crippen LogP contribution in [0.1, 0.15) is 33.1 Å². The molecule has 3 nitrogen and oxygen atoms in total. The van der Waals surface area contributed by atoms with Gasteiger partial charge in [0.25, 0.3) is 0 Å². The summed E-state index contributed by atoms with van der Waals surface area (Å²) in [6.07, 6.45) is 5.36. The molecular weight excluding hydrogens is 214 g/mol. The molecule has 0 aliphatic carbocycles. The van der Waals surface area contributed by atoms with E-state index in [0.717, 1.165) is 18.8 Å². The standard InChI is InChI=1S/C11H19NO2.ClH/c1-3-14-11(13)9-10(2)12-7-5-4-6-8-12;/h9H,3-8H2,1-2H3;1H. The molecule has 0 saturated carbocycles. The quantitative estimate of drug-likeness (QED) is 0.554. The topological polar surface area (TPSA) is 29.5 Å². The van der Waals surface area contributed by atoms with E-state index >= 15 is 0 Å². The van der Waals surface area contributed by atoms with Gasteiger partial charge in [-0.05, 0) is 33.1 Å². The molecule has 1 fully saturated rings. The highest BCUT2D eigenvalue weighted by Crippen LogP contribution is 2.13. The Morgan fingerprint density at radius 2 is 1.93 bits per heavy atom. The van der Waals surface area contributed by atoms with Gasteiger partial charge in [-0.15, -0.1) is 12.4 Å². The summed E-state index contributed by atoms with van der Waals surface area (Å²) >= 11 is 0. The highest BCUT2D eigenvalue weighted by molar-refractivity contribution is 5.85. The Labute approximate surface area is 97.9 Å². The van der Waals surface area contributed by atoms with E-state index in [0.29, 0.717) is 6.61 Å². The predicted octanol–water partition coefficient (Wildman–Crippen LogP) is 2.36. The fourth-order valence-corrected chi connectivity index (χ4v) is 1.69. The third-order valence-corrected chi connectivity index (χ3v) is 2.47. The Hall–Kier alpha value is -0.700. The number of ether oxygens (including phenoxy) is 1. The number of halogens is 1. The van der Waals surface area contributed by atoms with Gasteiger partial charge in [-0.1, -0.05) is 0 Å². The van der Waals surface area contributed by atoms with E-state index < -0.39 is 0 Å². The molecule has 0 spiro atoms. The van der Waals surface area contributed by atoms with Gasteiger partial charge in [0.15, 0.2) is 0 Å². The summed E-state index contributed by atoms with van der Waals surface area (Å²) in [4.78, 5) is 13.4. The highest BCUT2D eigenvalue weighted by atomic mass is 35.5. The Kier molecular flexibility index (Phi) is 7.22. The van der Waals surface area contributed by atoms with E-state index in [2.05, 4.69) is 4.90 Å². The number of piperidine rings is 1.